The molecule has 166 valence electrons. The van der Waals surface area contributed by atoms with E-state index in [0.29, 0.717) is 30.0 Å². The van der Waals surface area contributed by atoms with Crippen molar-refractivity contribution in [1.82, 2.24) is 5.32 Å². The molecule has 1 amide bonds. The predicted octanol–water partition coefficient (Wildman–Crippen LogP) is 2.05. The number of nitrogens with one attached hydrogen (secondary N) is 1. The van der Waals surface area contributed by atoms with Crippen molar-refractivity contribution in [2.45, 2.75) is 69.9 Å². The topological polar surface area (TPSA) is 116 Å². The summed E-state index contributed by atoms with van der Waals surface area (Å²) in [6.45, 7) is 2.46. The molecular formula is C24H36N2O4. The molecule has 0 radical (unpaired) electrons. The summed E-state index contributed by atoms with van der Waals surface area (Å²) in [6.07, 6.45) is 6.75. The van der Waals surface area contributed by atoms with Gasteiger partial charge in [0.15, 0.2) is 0 Å². The van der Waals surface area contributed by atoms with Crippen LogP contribution in [0, 0.1) is 23.2 Å². The van der Waals surface area contributed by atoms with Gasteiger partial charge in [-0.25, -0.2) is 0 Å². The number of carbonyl (C=O) groups excluding carboxylic acids is 1. The van der Waals surface area contributed by atoms with E-state index in [1.807, 2.05) is 12.1 Å². The third-order valence-electron chi connectivity index (χ3n) is 8.41. The van der Waals surface area contributed by atoms with Crippen LogP contribution in [0.3, 0.4) is 0 Å². The van der Waals surface area contributed by atoms with Crippen LogP contribution in [-0.2, 0) is 11.2 Å². The van der Waals surface area contributed by atoms with E-state index in [9.17, 15) is 15.0 Å². The number of fused-ring (bicyclic) bond motifs is 5. The molecule has 0 heterocycles. The molecule has 6 N–H and O–H groups in total. The Morgan fingerprint density at radius 3 is 2.93 bits per heavy atom. The first-order valence-electron chi connectivity index (χ1n) is 11.5. The van der Waals surface area contributed by atoms with Crippen molar-refractivity contribution >= 4 is 5.91 Å². The maximum atomic E-state index is 11.7. The van der Waals surface area contributed by atoms with Gasteiger partial charge < -0.3 is 26.4 Å². The van der Waals surface area contributed by atoms with Gasteiger partial charge in [-0.15, -0.1) is 0 Å². The molecule has 3 aliphatic rings. The maximum Gasteiger partial charge on any atom is 0.239 e. The highest BCUT2D eigenvalue weighted by Gasteiger charge is 2.57. The van der Waals surface area contributed by atoms with Crippen LogP contribution in [0.15, 0.2) is 18.2 Å². The van der Waals surface area contributed by atoms with Gasteiger partial charge >= 0.3 is 0 Å². The van der Waals surface area contributed by atoms with Crippen LogP contribution in [0.5, 0.6) is 5.75 Å². The van der Waals surface area contributed by atoms with E-state index in [2.05, 4.69) is 18.3 Å². The molecule has 30 heavy (non-hydrogen) atoms. The van der Waals surface area contributed by atoms with E-state index in [-0.39, 0.29) is 30.0 Å². The number of rotatable bonds is 6. The van der Waals surface area contributed by atoms with Gasteiger partial charge in [-0.3, -0.25) is 4.79 Å². The molecule has 1 aromatic carbocycles. The van der Waals surface area contributed by atoms with Gasteiger partial charge in [0, 0.05) is 6.54 Å². The van der Waals surface area contributed by atoms with Gasteiger partial charge in [0.25, 0.3) is 0 Å². The van der Waals surface area contributed by atoms with E-state index in [1.54, 1.807) is 0 Å². The molecule has 6 heteroatoms. The number of benzene rings is 1. The van der Waals surface area contributed by atoms with Crippen LogP contribution < -0.4 is 11.1 Å². The fraction of sp³-hybridized carbons (Fsp3) is 0.708. The Balaban J connectivity index is 1.39. The van der Waals surface area contributed by atoms with Gasteiger partial charge in [-0.05, 0) is 97.3 Å². The Bertz CT molecular complexity index is 784. The Kier molecular flexibility index (Phi) is 6.11. The Labute approximate surface area is 178 Å². The van der Waals surface area contributed by atoms with Crippen LogP contribution in [0.1, 0.15) is 62.5 Å². The lowest BCUT2D eigenvalue weighted by atomic mass is 9.55. The SMILES string of the molecule is C[C@]12CC[C@@H]3c4ccc(O)cc4CC[C@H]3[C@@H]1C[C@H](CCCNC(=O)[C@@H](N)CO)[C@@H]2O. The van der Waals surface area contributed by atoms with Crippen LogP contribution >= 0.6 is 0 Å². The summed E-state index contributed by atoms with van der Waals surface area (Å²) < 4.78 is 0. The zero-order valence-electron chi connectivity index (χ0n) is 17.9. The number of aromatic hydroxyl groups is 1. The molecule has 0 aromatic heterocycles. The first kappa shape index (κ1) is 21.6. The third kappa shape index (κ3) is 3.74. The van der Waals surface area contributed by atoms with Gasteiger partial charge in [0.2, 0.25) is 5.91 Å². The summed E-state index contributed by atoms with van der Waals surface area (Å²) in [4.78, 5) is 11.7. The minimum Gasteiger partial charge on any atom is -0.508 e. The molecule has 2 saturated carbocycles. The number of aliphatic hydroxyl groups excluding tert-OH is 2. The molecule has 0 unspecified atom stereocenters. The van der Waals surface area contributed by atoms with E-state index >= 15 is 0 Å². The van der Waals surface area contributed by atoms with Crippen molar-refractivity contribution in [2.75, 3.05) is 13.2 Å². The molecule has 3 aliphatic carbocycles. The lowest BCUT2D eigenvalue weighted by Crippen LogP contribution is -2.44. The second kappa shape index (κ2) is 8.48. The average molecular weight is 417 g/mol. The number of aliphatic hydroxyl groups is 2. The largest absolute Gasteiger partial charge is 0.508 e. The minimum atomic E-state index is -0.864. The number of carbonyl (C=O) groups is 1. The molecule has 4 rings (SSSR count). The monoisotopic (exact) mass is 416 g/mol. The Morgan fingerprint density at radius 2 is 2.17 bits per heavy atom. The quantitative estimate of drug-likeness (QED) is 0.455. The number of hydrogen-bond acceptors (Lipinski definition) is 5. The number of amides is 1. The minimum absolute atomic E-state index is 0.0251. The zero-order valence-corrected chi connectivity index (χ0v) is 17.9. The predicted molar refractivity (Wildman–Crippen MR) is 115 cm³/mol. The van der Waals surface area contributed by atoms with Crippen LogP contribution in [-0.4, -0.2) is 46.5 Å². The maximum absolute atomic E-state index is 11.7. The van der Waals surface area contributed by atoms with E-state index in [1.165, 1.54) is 11.1 Å². The summed E-state index contributed by atoms with van der Waals surface area (Å²) in [5.41, 5.74) is 8.21. The second-order valence-electron chi connectivity index (χ2n) is 10.0. The molecule has 6 nitrogen and oxygen atoms in total. The van der Waals surface area contributed by atoms with Crippen LogP contribution in [0.4, 0.5) is 0 Å². The van der Waals surface area contributed by atoms with Crippen molar-refractivity contribution in [3.8, 4) is 5.75 Å². The highest BCUT2D eigenvalue weighted by molar-refractivity contribution is 5.81. The summed E-state index contributed by atoms with van der Waals surface area (Å²) in [6, 6.07) is 5.00. The van der Waals surface area contributed by atoms with E-state index in [0.717, 1.165) is 44.9 Å². The summed E-state index contributed by atoms with van der Waals surface area (Å²) in [5, 5.41) is 32.8. The van der Waals surface area contributed by atoms with Crippen molar-refractivity contribution in [1.29, 1.82) is 0 Å². The number of aryl methyl sites for hydroxylation is 1. The van der Waals surface area contributed by atoms with Crippen LogP contribution in [0.25, 0.3) is 0 Å². The van der Waals surface area contributed by atoms with E-state index < -0.39 is 6.04 Å². The van der Waals surface area contributed by atoms with Gasteiger partial charge in [0.05, 0.1) is 12.7 Å². The highest BCUT2D eigenvalue weighted by atomic mass is 16.3. The summed E-state index contributed by atoms with van der Waals surface area (Å²) >= 11 is 0. The first-order chi connectivity index (χ1) is 14.3. The summed E-state index contributed by atoms with van der Waals surface area (Å²) in [7, 11) is 0. The summed E-state index contributed by atoms with van der Waals surface area (Å²) in [5.74, 6) is 1.97. The normalized spacial score (nSPS) is 35.8. The number of nitrogens with two attached hydrogens (primary N) is 1. The molecular weight excluding hydrogens is 380 g/mol. The van der Waals surface area contributed by atoms with Crippen molar-refractivity contribution < 1.29 is 20.1 Å². The highest BCUT2D eigenvalue weighted by Crippen LogP contribution is 2.62. The van der Waals surface area contributed by atoms with Crippen molar-refractivity contribution in [3.63, 3.8) is 0 Å². The van der Waals surface area contributed by atoms with Crippen LogP contribution in [0.2, 0.25) is 0 Å². The van der Waals surface area contributed by atoms with Gasteiger partial charge in [0.1, 0.15) is 11.8 Å². The molecule has 0 aliphatic heterocycles. The van der Waals surface area contributed by atoms with Gasteiger partial charge in [-0.1, -0.05) is 13.0 Å². The number of phenolic OH excluding ortho intramolecular Hbond substituents is 1. The third-order valence-corrected chi connectivity index (χ3v) is 8.41. The molecule has 0 spiro atoms. The van der Waals surface area contributed by atoms with Crippen molar-refractivity contribution in [3.05, 3.63) is 29.3 Å². The fourth-order valence-corrected chi connectivity index (χ4v) is 6.79. The second-order valence-corrected chi connectivity index (χ2v) is 10.0. The van der Waals surface area contributed by atoms with Crippen molar-refractivity contribution in [2.24, 2.45) is 28.9 Å². The average Bonchev–Trinajstić information content (AvgIpc) is 3.00. The molecule has 2 fully saturated rings. The first-order valence-corrected chi connectivity index (χ1v) is 11.5. The molecule has 0 bridgehead atoms. The van der Waals surface area contributed by atoms with Gasteiger partial charge in [-0.2, -0.15) is 0 Å². The van der Waals surface area contributed by atoms with E-state index in [4.69, 9.17) is 10.8 Å². The fourth-order valence-electron chi connectivity index (χ4n) is 6.79. The number of hydrogen-bond donors (Lipinski definition) is 5. The zero-order chi connectivity index (χ0) is 21.5. The Hall–Kier alpha value is -1.63. The lowest BCUT2D eigenvalue weighted by Gasteiger charge is -2.50. The number of phenols is 1. The molecule has 1 aromatic rings. The molecule has 7 atom stereocenters. The Morgan fingerprint density at radius 1 is 1.37 bits per heavy atom. The lowest BCUT2D eigenvalue weighted by molar-refractivity contribution is -0.123. The standard InChI is InChI=1S/C24H36N2O4/c1-24-9-8-18-17-7-5-16(28)11-14(17)4-6-19(18)20(24)12-15(22(24)29)3-2-10-26-23(30)21(25)13-27/h5,7,11,15,18-22,27-29H,2-4,6,8-10,12-13,25H2,1H3,(H,26,30)/t15-,18+,19+,20-,21-,22-,24-/m0/s1. The molecule has 0 saturated heterocycles. The smallest absolute Gasteiger partial charge is 0.239 e.